The van der Waals surface area contributed by atoms with Gasteiger partial charge in [-0.3, -0.25) is 9.48 Å². The van der Waals surface area contributed by atoms with E-state index in [2.05, 4.69) is 33.0 Å². The highest BCUT2D eigenvalue weighted by atomic mass is 127. The number of amides is 1. The molecule has 22 heavy (non-hydrogen) atoms. The molecule has 1 aromatic heterocycles. The molecule has 1 N–H and O–H groups in total. The largest absolute Gasteiger partial charge is 0.486 e. The number of carbonyl (C=O) groups is 1. The molecule has 0 saturated heterocycles. The molecule has 1 aliphatic heterocycles. The zero-order chi connectivity index (χ0) is 15.5. The molecule has 1 amide bonds. The molecule has 0 radical (unpaired) electrons. The Morgan fingerprint density at radius 3 is 2.86 bits per heavy atom. The van der Waals surface area contributed by atoms with Gasteiger partial charge in [0.25, 0.3) is 0 Å². The second-order valence-corrected chi connectivity index (χ2v) is 6.14. The second-order valence-electron chi connectivity index (χ2n) is 4.98. The first-order valence-electron chi connectivity index (χ1n) is 7.01. The average molecular weight is 413 g/mol. The number of aromatic nitrogens is 2. The second kappa shape index (κ2) is 6.55. The maximum atomic E-state index is 12.0. The number of hydrogen-bond acceptors (Lipinski definition) is 4. The van der Waals surface area contributed by atoms with Gasteiger partial charge in [-0.15, -0.1) is 0 Å². The summed E-state index contributed by atoms with van der Waals surface area (Å²) in [5.41, 5.74) is 1.69. The van der Waals surface area contributed by atoms with Crippen molar-refractivity contribution in [3.05, 3.63) is 33.7 Å². The Hall–Kier alpha value is -1.77. The molecule has 1 aromatic carbocycles. The molecule has 0 saturated carbocycles. The molecule has 0 unspecified atom stereocenters. The third kappa shape index (κ3) is 3.52. The minimum absolute atomic E-state index is 0.0557. The quantitative estimate of drug-likeness (QED) is 0.783. The minimum Gasteiger partial charge on any atom is -0.486 e. The summed E-state index contributed by atoms with van der Waals surface area (Å²) < 4.78 is 13.8. The number of benzene rings is 1. The van der Waals surface area contributed by atoms with Crippen molar-refractivity contribution in [2.24, 2.45) is 0 Å². The number of fused-ring (bicyclic) bond motifs is 1. The number of aryl methyl sites for hydroxylation is 2. The Kier molecular flexibility index (Phi) is 4.51. The fourth-order valence-electron chi connectivity index (χ4n) is 2.17. The smallest absolute Gasteiger partial charge is 0.226 e. The van der Waals surface area contributed by atoms with E-state index in [1.165, 1.54) is 0 Å². The van der Waals surface area contributed by atoms with Crippen molar-refractivity contribution in [1.82, 2.24) is 9.78 Å². The van der Waals surface area contributed by atoms with E-state index in [0.717, 1.165) is 9.26 Å². The molecule has 2 aromatic rings. The Balaban J connectivity index is 1.57. The number of ether oxygens (including phenoxy) is 2. The van der Waals surface area contributed by atoms with E-state index < -0.39 is 0 Å². The van der Waals surface area contributed by atoms with Crippen LogP contribution in [0.15, 0.2) is 24.4 Å². The van der Waals surface area contributed by atoms with Gasteiger partial charge in [-0.2, -0.15) is 5.10 Å². The van der Waals surface area contributed by atoms with Crippen molar-refractivity contribution in [3.63, 3.8) is 0 Å². The lowest BCUT2D eigenvalue weighted by Gasteiger charge is -2.19. The molecular formula is C15H16IN3O3. The predicted molar refractivity (Wildman–Crippen MR) is 90.4 cm³/mol. The number of halogens is 1. The monoisotopic (exact) mass is 413 g/mol. The summed E-state index contributed by atoms with van der Waals surface area (Å²) in [6.07, 6.45) is 2.30. The molecule has 0 fully saturated rings. The number of anilines is 1. The van der Waals surface area contributed by atoms with Gasteiger partial charge < -0.3 is 14.8 Å². The van der Waals surface area contributed by atoms with Gasteiger partial charge in [-0.05, 0) is 41.6 Å². The summed E-state index contributed by atoms with van der Waals surface area (Å²) in [5, 5.41) is 7.21. The Morgan fingerprint density at radius 1 is 1.36 bits per heavy atom. The molecule has 2 heterocycles. The van der Waals surface area contributed by atoms with E-state index >= 15 is 0 Å². The highest BCUT2D eigenvalue weighted by Gasteiger charge is 2.13. The van der Waals surface area contributed by atoms with E-state index in [-0.39, 0.29) is 5.91 Å². The van der Waals surface area contributed by atoms with Gasteiger partial charge >= 0.3 is 0 Å². The SMILES string of the molecule is Cc1nn(CCC(=O)Nc2ccc3c(c2)OCCO3)cc1I. The minimum atomic E-state index is -0.0557. The maximum Gasteiger partial charge on any atom is 0.226 e. The van der Waals surface area contributed by atoms with Crippen LogP contribution in [0.25, 0.3) is 0 Å². The Bertz CT molecular complexity index is 680. The number of rotatable bonds is 4. The summed E-state index contributed by atoms with van der Waals surface area (Å²) >= 11 is 2.23. The predicted octanol–water partition coefficient (Wildman–Crippen LogP) is 2.60. The number of carbonyl (C=O) groups excluding carboxylic acids is 1. The van der Waals surface area contributed by atoms with Gasteiger partial charge in [0.2, 0.25) is 5.91 Å². The van der Waals surface area contributed by atoms with Gasteiger partial charge in [-0.1, -0.05) is 0 Å². The van der Waals surface area contributed by atoms with Crippen LogP contribution in [-0.2, 0) is 11.3 Å². The molecule has 0 bridgehead atoms. The normalized spacial score (nSPS) is 13.0. The zero-order valence-corrected chi connectivity index (χ0v) is 14.3. The van der Waals surface area contributed by atoms with Crippen LogP contribution in [0.3, 0.4) is 0 Å². The van der Waals surface area contributed by atoms with Gasteiger partial charge in [0, 0.05) is 30.9 Å². The molecule has 1 aliphatic rings. The molecular weight excluding hydrogens is 397 g/mol. The molecule has 0 aliphatic carbocycles. The summed E-state index contributed by atoms with van der Waals surface area (Å²) in [4.78, 5) is 12.0. The Morgan fingerprint density at radius 2 is 2.14 bits per heavy atom. The van der Waals surface area contributed by atoms with E-state index in [1.807, 2.05) is 25.3 Å². The van der Waals surface area contributed by atoms with Crippen LogP contribution in [0.5, 0.6) is 11.5 Å². The summed E-state index contributed by atoms with van der Waals surface area (Å²) in [6, 6.07) is 5.41. The third-order valence-corrected chi connectivity index (χ3v) is 4.34. The van der Waals surface area contributed by atoms with Gasteiger partial charge in [0.1, 0.15) is 13.2 Å². The lowest BCUT2D eigenvalue weighted by molar-refractivity contribution is -0.116. The lowest BCUT2D eigenvalue weighted by Crippen LogP contribution is -2.17. The fourth-order valence-corrected chi connectivity index (χ4v) is 2.60. The van der Waals surface area contributed by atoms with Gasteiger partial charge in [0.05, 0.1) is 9.26 Å². The van der Waals surface area contributed by atoms with Crippen LogP contribution in [-0.4, -0.2) is 28.9 Å². The topological polar surface area (TPSA) is 65.4 Å². The molecule has 0 atom stereocenters. The van der Waals surface area contributed by atoms with E-state index in [9.17, 15) is 4.79 Å². The first-order valence-corrected chi connectivity index (χ1v) is 8.09. The molecule has 3 rings (SSSR count). The number of nitrogens with zero attached hydrogens (tertiary/aromatic N) is 2. The van der Waals surface area contributed by atoms with Crippen molar-refractivity contribution < 1.29 is 14.3 Å². The first kappa shape index (κ1) is 15.1. The maximum absolute atomic E-state index is 12.0. The standard InChI is InChI=1S/C15H16IN3O3/c1-10-12(16)9-19(18-10)5-4-15(20)17-11-2-3-13-14(8-11)22-7-6-21-13/h2-3,8-9H,4-7H2,1H3,(H,17,20). The van der Waals surface area contributed by atoms with Crippen molar-refractivity contribution >= 4 is 34.2 Å². The summed E-state index contributed by atoms with van der Waals surface area (Å²) in [7, 11) is 0. The number of nitrogens with one attached hydrogen (secondary N) is 1. The zero-order valence-electron chi connectivity index (χ0n) is 12.1. The summed E-state index contributed by atoms with van der Waals surface area (Å²) in [5.74, 6) is 1.33. The van der Waals surface area contributed by atoms with Crippen LogP contribution in [0, 0.1) is 10.5 Å². The van der Waals surface area contributed by atoms with Crippen LogP contribution in [0.4, 0.5) is 5.69 Å². The van der Waals surface area contributed by atoms with Crippen LogP contribution in [0.1, 0.15) is 12.1 Å². The first-order chi connectivity index (χ1) is 10.6. The molecule has 116 valence electrons. The van der Waals surface area contributed by atoms with Crippen LogP contribution < -0.4 is 14.8 Å². The van der Waals surface area contributed by atoms with Crippen molar-refractivity contribution in [3.8, 4) is 11.5 Å². The van der Waals surface area contributed by atoms with Crippen molar-refractivity contribution in [2.75, 3.05) is 18.5 Å². The third-order valence-electron chi connectivity index (χ3n) is 3.28. The van der Waals surface area contributed by atoms with Crippen LogP contribution in [0.2, 0.25) is 0 Å². The molecule has 0 spiro atoms. The highest BCUT2D eigenvalue weighted by molar-refractivity contribution is 14.1. The summed E-state index contributed by atoms with van der Waals surface area (Å²) in [6.45, 7) is 3.59. The molecule has 6 nitrogen and oxygen atoms in total. The van der Waals surface area contributed by atoms with E-state index in [4.69, 9.17) is 9.47 Å². The highest BCUT2D eigenvalue weighted by Crippen LogP contribution is 2.32. The molecule has 7 heteroatoms. The fraction of sp³-hybridized carbons (Fsp3) is 0.333. The van der Waals surface area contributed by atoms with Gasteiger partial charge in [-0.25, -0.2) is 0 Å². The van der Waals surface area contributed by atoms with Crippen LogP contribution >= 0.6 is 22.6 Å². The van der Waals surface area contributed by atoms with E-state index in [1.54, 1.807) is 10.7 Å². The van der Waals surface area contributed by atoms with Crippen molar-refractivity contribution in [2.45, 2.75) is 19.9 Å². The van der Waals surface area contributed by atoms with E-state index in [0.29, 0.717) is 43.4 Å². The Labute approximate surface area is 141 Å². The lowest BCUT2D eigenvalue weighted by atomic mass is 10.2. The number of hydrogen-bond donors (Lipinski definition) is 1. The average Bonchev–Trinajstić information content (AvgIpc) is 2.84. The van der Waals surface area contributed by atoms with Crippen molar-refractivity contribution in [1.29, 1.82) is 0 Å². The van der Waals surface area contributed by atoms with Gasteiger partial charge in [0.15, 0.2) is 11.5 Å².